The van der Waals surface area contributed by atoms with Crippen LogP contribution in [0.5, 0.6) is 0 Å². The second-order valence-corrected chi connectivity index (χ2v) is 5.84. The average molecular weight is 288 g/mol. The van der Waals surface area contributed by atoms with Gasteiger partial charge in [-0.25, -0.2) is 0 Å². The largest absolute Gasteiger partial charge is 0.349 e. The lowest BCUT2D eigenvalue weighted by molar-refractivity contribution is -0.121. The Hall–Kier alpha value is -1.65. The van der Waals surface area contributed by atoms with Crippen molar-refractivity contribution in [3.05, 3.63) is 58.3 Å². The van der Waals surface area contributed by atoms with Crippen LogP contribution in [0.4, 0.5) is 0 Å². The molecule has 2 aromatic rings. The molecule has 20 heavy (non-hydrogen) atoms. The van der Waals surface area contributed by atoms with Crippen LogP contribution < -0.4 is 11.1 Å². The summed E-state index contributed by atoms with van der Waals surface area (Å²) in [6.45, 7) is 2.00. The number of hydrogen-bond donors (Lipinski definition) is 2. The zero-order valence-corrected chi connectivity index (χ0v) is 12.4. The number of thiophene rings is 1. The van der Waals surface area contributed by atoms with Crippen LogP contribution in [-0.4, -0.2) is 5.91 Å². The number of nitrogens with two attached hydrogens (primary N) is 1. The molecule has 0 bridgehead atoms. The van der Waals surface area contributed by atoms with Gasteiger partial charge in [0.1, 0.15) is 0 Å². The third-order valence-electron chi connectivity index (χ3n) is 3.26. The quantitative estimate of drug-likeness (QED) is 0.856. The fourth-order valence-corrected chi connectivity index (χ4v) is 2.81. The Balaban J connectivity index is 1.78. The summed E-state index contributed by atoms with van der Waals surface area (Å²) in [6.07, 6.45) is 1.11. The Morgan fingerprint density at radius 1 is 1.25 bits per heavy atom. The summed E-state index contributed by atoms with van der Waals surface area (Å²) in [4.78, 5) is 13.1. The lowest BCUT2D eigenvalue weighted by Gasteiger charge is -2.14. The van der Waals surface area contributed by atoms with E-state index in [0.29, 0.717) is 12.8 Å². The van der Waals surface area contributed by atoms with Gasteiger partial charge in [-0.05, 0) is 30.4 Å². The second-order valence-electron chi connectivity index (χ2n) is 4.86. The average Bonchev–Trinajstić information content (AvgIpc) is 3.00. The molecule has 0 saturated heterocycles. The summed E-state index contributed by atoms with van der Waals surface area (Å²) in [6, 6.07) is 13.9. The maximum absolute atomic E-state index is 11.9. The fraction of sp³-hybridized carbons (Fsp3) is 0.312. The van der Waals surface area contributed by atoms with Gasteiger partial charge >= 0.3 is 0 Å². The molecule has 1 amide bonds. The summed E-state index contributed by atoms with van der Waals surface area (Å²) in [5.41, 5.74) is 7.17. The molecule has 4 heteroatoms. The highest BCUT2D eigenvalue weighted by Crippen LogP contribution is 2.19. The molecule has 1 heterocycles. The molecule has 2 atom stereocenters. The van der Waals surface area contributed by atoms with Gasteiger partial charge in [-0.3, -0.25) is 4.79 Å². The summed E-state index contributed by atoms with van der Waals surface area (Å²) < 4.78 is 0. The molecular formula is C16H20N2OS. The Bertz CT molecular complexity index is 525. The van der Waals surface area contributed by atoms with Crippen molar-refractivity contribution in [2.45, 2.75) is 31.8 Å². The van der Waals surface area contributed by atoms with Crippen LogP contribution in [0.15, 0.2) is 47.8 Å². The molecule has 1 aromatic heterocycles. The molecule has 3 nitrogen and oxygen atoms in total. The van der Waals surface area contributed by atoms with Crippen LogP contribution >= 0.6 is 11.3 Å². The number of carbonyl (C=O) groups excluding carboxylic acids is 1. The van der Waals surface area contributed by atoms with Gasteiger partial charge in [0.2, 0.25) is 5.91 Å². The minimum atomic E-state index is -0.0843. The molecule has 2 rings (SSSR count). The van der Waals surface area contributed by atoms with Gasteiger partial charge in [0.25, 0.3) is 0 Å². The van der Waals surface area contributed by atoms with Gasteiger partial charge in [0.15, 0.2) is 0 Å². The molecule has 0 saturated carbocycles. The van der Waals surface area contributed by atoms with Crippen molar-refractivity contribution >= 4 is 17.2 Å². The highest BCUT2D eigenvalue weighted by atomic mass is 32.1. The molecule has 0 radical (unpaired) electrons. The molecular weight excluding hydrogens is 268 g/mol. The van der Waals surface area contributed by atoms with Crippen LogP contribution in [0, 0.1) is 0 Å². The van der Waals surface area contributed by atoms with Gasteiger partial charge in [-0.2, -0.15) is 0 Å². The number of amides is 1. The van der Waals surface area contributed by atoms with Gasteiger partial charge in [0, 0.05) is 17.3 Å². The topological polar surface area (TPSA) is 55.1 Å². The van der Waals surface area contributed by atoms with Crippen molar-refractivity contribution in [1.82, 2.24) is 5.32 Å². The molecule has 106 valence electrons. The Kier molecular flexibility index (Phi) is 5.32. The van der Waals surface area contributed by atoms with Gasteiger partial charge < -0.3 is 11.1 Å². The second kappa shape index (κ2) is 7.22. The molecule has 1 unspecified atom stereocenters. The van der Waals surface area contributed by atoms with E-state index in [-0.39, 0.29) is 18.0 Å². The van der Waals surface area contributed by atoms with Crippen LogP contribution in [0.2, 0.25) is 0 Å². The van der Waals surface area contributed by atoms with Crippen LogP contribution in [0.1, 0.15) is 42.3 Å². The van der Waals surface area contributed by atoms with E-state index in [4.69, 9.17) is 5.73 Å². The Morgan fingerprint density at radius 3 is 2.65 bits per heavy atom. The number of hydrogen-bond acceptors (Lipinski definition) is 3. The molecule has 1 aromatic carbocycles. The molecule has 3 N–H and O–H groups in total. The van der Waals surface area contributed by atoms with E-state index in [1.807, 2.05) is 54.8 Å². The number of nitrogens with one attached hydrogen (secondary N) is 1. The summed E-state index contributed by atoms with van der Waals surface area (Å²) in [5.74, 6) is 0.0530. The first-order valence-electron chi connectivity index (χ1n) is 6.80. The third-order valence-corrected chi connectivity index (χ3v) is 4.31. The van der Waals surface area contributed by atoms with Crippen molar-refractivity contribution in [3.63, 3.8) is 0 Å². The normalized spacial score (nSPS) is 13.7. The van der Waals surface area contributed by atoms with E-state index in [1.54, 1.807) is 11.3 Å². The van der Waals surface area contributed by atoms with E-state index >= 15 is 0 Å². The van der Waals surface area contributed by atoms with Crippen LogP contribution in [-0.2, 0) is 4.79 Å². The number of rotatable bonds is 6. The SMILES string of the molecule is C[C@H](NC(=O)CCC(N)c1ccccc1)c1cccs1. The number of benzene rings is 1. The zero-order valence-electron chi connectivity index (χ0n) is 11.6. The number of carbonyl (C=O) groups is 1. The molecule has 0 aliphatic heterocycles. The maximum Gasteiger partial charge on any atom is 0.220 e. The summed E-state index contributed by atoms with van der Waals surface area (Å²) in [5, 5.41) is 5.02. The van der Waals surface area contributed by atoms with Crippen molar-refractivity contribution in [2.24, 2.45) is 5.73 Å². The van der Waals surface area contributed by atoms with E-state index in [9.17, 15) is 4.79 Å². The predicted octanol–water partition coefficient (Wildman–Crippen LogP) is 3.41. The minimum Gasteiger partial charge on any atom is -0.349 e. The maximum atomic E-state index is 11.9. The van der Waals surface area contributed by atoms with Crippen molar-refractivity contribution in [3.8, 4) is 0 Å². The lowest BCUT2D eigenvalue weighted by Crippen LogP contribution is -2.27. The van der Waals surface area contributed by atoms with E-state index in [2.05, 4.69) is 5.32 Å². The summed E-state index contributed by atoms with van der Waals surface area (Å²) in [7, 11) is 0. The van der Waals surface area contributed by atoms with Crippen LogP contribution in [0.3, 0.4) is 0 Å². The first kappa shape index (κ1) is 14.8. The van der Waals surface area contributed by atoms with Gasteiger partial charge in [-0.1, -0.05) is 36.4 Å². The Labute approximate surface area is 123 Å². The molecule has 0 fully saturated rings. The van der Waals surface area contributed by atoms with Crippen LogP contribution in [0.25, 0.3) is 0 Å². The predicted molar refractivity (Wildman–Crippen MR) is 83.5 cm³/mol. The Morgan fingerprint density at radius 2 is 2.00 bits per heavy atom. The monoisotopic (exact) mass is 288 g/mol. The van der Waals surface area contributed by atoms with Crippen molar-refractivity contribution in [1.29, 1.82) is 0 Å². The van der Waals surface area contributed by atoms with E-state index in [0.717, 1.165) is 5.56 Å². The lowest BCUT2D eigenvalue weighted by atomic mass is 10.0. The van der Waals surface area contributed by atoms with E-state index in [1.165, 1.54) is 4.88 Å². The smallest absolute Gasteiger partial charge is 0.220 e. The highest BCUT2D eigenvalue weighted by molar-refractivity contribution is 7.10. The molecule has 0 spiro atoms. The molecule has 0 aliphatic carbocycles. The molecule has 0 aliphatic rings. The first-order valence-corrected chi connectivity index (χ1v) is 7.68. The zero-order chi connectivity index (χ0) is 14.4. The minimum absolute atomic E-state index is 0.0530. The van der Waals surface area contributed by atoms with Gasteiger partial charge in [-0.15, -0.1) is 11.3 Å². The first-order chi connectivity index (χ1) is 9.66. The highest BCUT2D eigenvalue weighted by Gasteiger charge is 2.12. The summed E-state index contributed by atoms with van der Waals surface area (Å²) >= 11 is 1.65. The van der Waals surface area contributed by atoms with Crippen molar-refractivity contribution in [2.75, 3.05) is 0 Å². The van der Waals surface area contributed by atoms with E-state index < -0.39 is 0 Å². The van der Waals surface area contributed by atoms with Crippen molar-refractivity contribution < 1.29 is 4.79 Å². The standard InChI is InChI=1S/C16H20N2OS/c1-12(15-8-5-11-20-15)18-16(19)10-9-14(17)13-6-3-2-4-7-13/h2-8,11-12,14H,9-10,17H2,1H3,(H,18,19)/t12-,14?/m0/s1. The third kappa shape index (κ3) is 4.18. The fourth-order valence-electron chi connectivity index (χ4n) is 2.08. The van der Waals surface area contributed by atoms with Gasteiger partial charge in [0.05, 0.1) is 6.04 Å².